The molecule has 0 bridgehead atoms. The maximum absolute atomic E-state index is 11.7. The highest BCUT2D eigenvalue weighted by atomic mass is 127. The van der Waals surface area contributed by atoms with Gasteiger partial charge in [-0.1, -0.05) is 6.92 Å². The Morgan fingerprint density at radius 2 is 2.24 bits per heavy atom. The predicted molar refractivity (Wildman–Crippen MR) is 93.7 cm³/mol. The normalized spacial score (nSPS) is 18.5. The Labute approximate surface area is 139 Å². The quantitative estimate of drug-likeness (QED) is 0.716. The minimum atomic E-state index is -0.0590. The van der Waals surface area contributed by atoms with Crippen LogP contribution in [-0.2, 0) is 0 Å². The Balaban J connectivity index is 2.07. The second-order valence-electron chi connectivity index (χ2n) is 5.39. The van der Waals surface area contributed by atoms with E-state index >= 15 is 0 Å². The van der Waals surface area contributed by atoms with Crippen LogP contribution in [0.25, 0.3) is 0 Å². The van der Waals surface area contributed by atoms with Gasteiger partial charge in [0, 0.05) is 32.2 Å². The van der Waals surface area contributed by atoms with E-state index in [9.17, 15) is 4.79 Å². The molecule has 0 aliphatic carbocycles. The van der Waals surface area contributed by atoms with Gasteiger partial charge in [0.15, 0.2) is 0 Å². The van der Waals surface area contributed by atoms with Crippen molar-refractivity contribution in [2.75, 3.05) is 37.6 Å². The molecule has 21 heavy (non-hydrogen) atoms. The van der Waals surface area contributed by atoms with Crippen molar-refractivity contribution in [2.24, 2.45) is 5.73 Å². The van der Waals surface area contributed by atoms with Crippen molar-refractivity contribution in [1.29, 1.82) is 0 Å². The van der Waals surface area contributed by atoms with Crippen LogP contribution in [0.1, 0.15) is 26.2 Å². The number of anilines is 1. The molecule has 0 amide bonds. The molecule has 1 aliphatic rings. The lowest BCUT2D eigenvalue weighted by Gasteiger charge is -2.29. The molecule has 3 N–H and O–H groups in total. The number of rotatable bonds is 5. The highest BCUT2D eigenvalue weighted by molar-refractivity contribution is 14.1. The number of hydrogen-bond donors (Lipinski definition) is 2. The summed E-state index contributed by atoms with van der Waals surface area (Å²) in [6.07, 6.45) is 4.77. The van der Waals surface area contributed by atoms with E-state index < -0.39 is 0 Å². The fourth-order valence-corrected chi connectivity index (χ4v) is 3.58. The lowest BCUT2D eigenvalue weighted by molar-refractivity contribution is 0.196. The minimum Gasteiger partial charge on any atom is -0.354 e. The SMILES string of the molecule is CCC(CCN)N1CCCN(c2nc[nH]c(=O)c2I)CC1. The molecule has 1 fully saturated rings. The largest absolute Gasteiger partial charge is 0.354 e. The Morgan fingerprint density at radius 1 is 1.43 bits per heavy atom. The second kappa shape index (κ2) is 8.09. The molecule has 1 saturated heterocycles. The highest BCUT2D eigenvalue weighted by Crippen LogP contribution is 2.19. The molecule has 0 aromatic carbocycles. The molecule has 2 heterocycles. The highest BCUT2D eigenvalue weighted by Gasteiger charge is 2.22. The summed E-state index contributed by atoms with van der Waals surface area (Å²) in [7, 11) is 0. The van der Waals surface area contributed by atoms with Gasteiger partial charge in [0.05, 0.1) is 6.33 Å². The van der Waals surface area contributed by atoms with E-state index in [1.54, 1.807) is 0 Å². The third kappa shape index (κ3) is 4.17. The molecule has 1 aliphatic heterocycles. The van der Waals surface area contributed by atoms with E-state index in [1.807, 2.05) is 0 Å². The van der Waals surface area contributed by atoms with Gasteiger partial charge in [-0.05, 0) is 48.4 Å². The van der Waals surface area contributed by atoms with Gasteiger partial charge in [0.25, 0.3) is 5.56 Å². The van der Waals surface area contributed by atoms with Crippen LogP contribution >= 0.6 is 22.6 Å². The zero-order valence-electron chi connectivity index (χ0n) is 12.5. The van der Waals surface area contributed by atoms with Crippen molar-refractivity contribution in [3.05, 3.63) is 20.3 Å². The molecule has 2 rings (SSSR count). The van der Waals surface area contributed by atoms with Crippen LogP contribution < -0.4 is 16.2 Å². The average Bonchev–Trinajstić information content (AvgIpc) is 2.73. The molecule has 1 unspecified atom stereocenters. The number of aromatic nitrogens is 2. The number of nitrogens with zero attached hydrogens (tertiary/aromatic N) is 3. The van der Waals surface area contributed by atoms with Crippen molar-refractivity contribution in [2.45, 2.75) is 32.2 Å². The topological polar surface area (TPSA) is 78.2 Å². The molecule has 118 valence electrons. The zero-order valence-corrected chi connectivity index (χ0v) is 14.7. The summed E-state index contributed by atoms with van der Waals surface area (Å²) in [4.78, 5) is 23.5. The molecule has 1 aromatic heterocycles. The number of halogens is 1. The Bertz CT molecular complexity index is 506. The Hall–Kier alpha value is -0.670. The number of hydrogen-bond acceptors (Lipinski definition) is 5. The van der Waals surface area contributed by atoms with Crippen molar-refractivity contribution in [3.63, 3.8) is 0 Å². The summed E-state index contributed by atoms with van der Waals surface area (Å²) in [6.45, 7) is 6.92. The average molecular weight is 405 g/mol. The van der Waals surface area contributed by atoms with Gasteiger partial charge in [-0.25, -0.2) is 4.98 Å². The van der Waals surface area contributed by atoms with E-state index in [2.05, 4.69) is 49.3 Å². The summed E-state index contributed by atoms with van der Waals surface area (Å²) < 4.78 is 0.678. The van der Waals surface area contributed by atoms with Crippen molar-refractivity contribution >= 4 is 28.4 Å². The summed E-state index contributed by atoms with van der Waals surface area (Å²) in [5.41, 5.74) is 5.66. The Morgan fingerprint density at radius 3 is 2.95 bits per heavy atom. The third-order valence-corrected chi connectivity index (χ3v) is 5.07. The van der Waals surface area contributed by atoms with Crippen LogP contribution in [0.15, 0.2) is 11.1 Å². The monoisotopic (exact) mass is 405 g/mol. The minimum absolute atomic E-state index is 0.0590. The van der Waals surface area contributed by atoms with E-state index in [0.717, 1.165) is 57.8 Å². The summed E-state index contributed by atoms with van der Waals surface area (Å²) in [6, 6.07) is 0.571. The van der Waals surface area contributed by atoms with Crippen LogP contribution in [0, 0.1) is 3.57 Å². The van der Waals surface area contributed by atoms with Crippen LogP contribution in [-0.4, -0.2) is 53.6 Å². The maximum Gasteiger partial charge on any atom is 0.266 e. The molecule has 7 heteroatoms. The molecule has 0 saturated carbocycles. The molecule has 1 aromatic rings. The first-order chi connectivity index (χ1) is 10.2. The molecule has 6 nitrogen and oxygen atoms in total. The molecule has 0 spiro atoms. The zero-order chi connectivity index (χ0) is 15.2. The van der Waals surface area contributed by atoms with Crippen LogP contribution in [0.3, 0.4) is 0 Å². The van der Waals surface area contributed by atoms with E-state index in [4.69, 9.17) is 5.73 Å². The van der Waals surface area contributed by atoms with Gasteiger partial charge in [0.2, 0.25) is 0 Å². The first-order valence-electron chi connectivity index (χ1n) is 7.59. The molecular formula is C14H24IN5O. The van der Waals surface area contributed by atoms with E-state index in [1.165, 1.54) is 6.33 Å². The van der Waals surface area contributed by atoms with Gasteiger partial charge in [-0.3, -0.25) is 9.69 Å². The third-order valence-electron chi connectivity index (χ3n) is 4.10. The first-order valence-corrected chi connectivity index (χ1v) is 8.67. The van der Waals surface area contributed by atoms with Crippen LogP contribution in [0.5, 0.6) is 0 Å². The van der Waals surface area contributed by atoms with Crippen LogP contribution in [0.4, 0.5) is 5.82 Å². The predicted octanol–water partition coefficient (Wildman–Crippen LogP) is 1.01. The fourth-order valence-electron chi connectivity index (χ4n) is 2.95. The van der Waals surface area contributed by atoms with Gasteiger partial charge < -0.3 is 15.6 Å². The molecular weight excluding hydrogens is 381 g/mol. The summed E-state index contributed by atoms with van der Waals surface area (Å²) in [5.74, 6) is 0.813. The number of nitrogens with one attached hydrogen (secondary N) is 1. The lowest BCUT2D eigenvalue weighted by Crippen LogP contribution is -2.39. The van der Waals surface area contributed by atoms with Gasteiger partial charge in [-0.2, -0.15) is 0 Å². The summed E-state index contributed by atoms with van der Waals surface area (Å²) in [5, 5.41) is 0. The van der Waals surface area contributed by atoms with E-state index in [0.29, 0.717) is 9.61 Å². The lowest BCUT2D eigenvalue weighted by atomic mass is 10.1. The van der Waals surface area contributed by atoms with E-state index in [-0.39, 0.29) is 5.56 Å². The number of aromatic amines is 1. The Kier molecular flexibility index (Phi) is 6.43. The number of H-pyrrole nitrogens is 1. The number of nitrogens with two attached hydrogens (primary N) is 1. The van der Waals surface area contributed by atoms with Gasteiger partial charge in [-0.15, -0.1) is 0 Å². The maximum atomic E-state index is 11.7. The van der Waals surface area contributed by atoms with Gasteiger partial charge >= 0.3 is 0 Å². The smallest absolute Gasteiger partial charge is 0.266 e. The fraction of sp³-hybridized carbons (Fsp3) is 0.714. The van der Waals surface area contributed by atoms with Crippen LogP contribution in [0.2, 0.25) is 0 Å². The summed E-state index contributed by atoms with van der Waals surface area (Å²) >= 11 is 2.08. The van der Waals surface area contributed by atoms with Gasteiger partial charge in [0.1, 0.15) is 9.39 Å². The second-order valence-corrected chi connectivity index (χ2v) is 6.46. The van der Waals surface area contributed by atoms with Crippen molar-refractivity contribution in [3.8, 4) is 0 Å². The van der Waals surface area contributed by atoms with Crippen molar-refractivity contribution < 1.29 is 0 Å². The molecule has 0 radical (unpaired) electrons. The first kappa shape index (κ1) is 16.7. The molecule has 1 atom stereocenters. The standard InChI is InChI=1S/C14H24IN5O/c1-2-11(4-5-16)19-6-3-7-20(9-8-19)13-12(15)14(21)18-10-17-13/h10-11H,2-9,16H2,1H3,(H,17,18,21). The van der Waals surface area contributed by atoms with Crippen molar-refractivity contribution in [1.82, 2.24) is 14.9 Å².